The molecule has 0 aliphatic carbocycles. The van der Waals surface area contributed by atoms with Crippen molar-refractivity contribution in [2.45, 2.75) is 0 Å². The molecule has 0 saturated heterocycles. The lowest BCUT2D eigenvalue weighted by atomic mass is 11.4. The largest absolute Gasteiger partial charge is 0.359 e. The van der Waals surface area contributed by atoms with Crippen molar-refractivity contribution < 1.29 is 9.47 Å². The molecular formula is C4H10N2O2. The first kappa shape index (κ1) is 10.2. The van der Waals surface area contributed by atoms with Crippen LogP contribution in [-0.2, 0) is 9.47 Å². The highest BCUT2D eigenvalue weighted by molar-refractivity contribution is 4.46. The van der Waals surface area contributed by atoms with Crippen LogP contribution in [0.3, 0.4) is 0 Å². The quantitative estimate of drug-likeness (QED) is 0.306. The first-order valence-corrected chi connectivity index (χ1v) is 1.91. The summed E-state index contributed by atoms with van der Waals surface area (Å²) in [4.78, 5) is 0. The number of nitrogens with zero attached hydrogens (tertiary/aromatic N) is 1. The third-order valence-electron chi connectivity index (χ3n) is 0.236. The van der Waals surface area contributed by atoms with Gasteiger partial charge in [-0.1, -0.05) is 0 Å². The topological polar surface area (TPSA) is 68.3 Å². The summed E-state index contributed by atoms with van der Waals surface area (Å²) in [5, 5.41) is 7.10. The fraction of sp³-hybridized carbons (Fsp3) is 0.750. The highest BCUT2D eigenvalue weighted by atomic mass is 16.6. The Balaban J connectivity index is 0. The van der Waals surface area contributed by atoms with E-state index >= 15 is 0 Å². The molecule has 0 fully saturated rings. The van der Waals surface area contributed by atoms with Gasteiger partial charge < -0.3 is 15.2 Å². The van der Waals surface area contributed by atoms with Crippen LogP contribution in [0.2, 0.25) is 0 Å². The molecule has 2 N–H and O–H groups in total. The first-order valence-electron chi connectivity index (χ1n) is 1.91. The Morgan fingerprint density at radius 1 is 1.50 bits per heavy atom. The second-order valence-corrected chi connectivity index (χ2v) is 0.824. The van der Waals surface area contributed by atoms with Gasteiger partial charge in [-0.15, -0.1) is 0 Å². The molecule has 0 aromatic rings. The van der Waals surface area contributed by atoms with Crippen LogP contribution in [0.1, 0.15) is 0 Å². The molecule has 0 saturated carbocycles. The maximum atomic E-state index is 7.10. The van der Waals surface area contributed by atoms with Gasteiger partial charge >= 0.3 is 0 Å². The monoisotopic (exact) mass is 118 g/mol. The molecule has 0 aromatic heterocycles. The van der Waals surface area contributed by atoms with E-state index in [1.807, 2.05) is 0 Å². The number of ether oxygens (including phenoxy) is 2. The molecule has 4 heteroatoms. The summed E-state index contributed by atoms with van der Waals surface area (Å²) in [5.41, 5.74) is 4.15. The van der Waals surface area contributed by atoms with E-state index in [4.69, 9.17) is 5.26 Å². The van der Waals surface area contributed by atoms with Gasteiger partial charge in [-0.3, -0.25) is 0 Å². The van der Waals surface area contributed by atoms with E-state index in [9.17, 15) is 0 Å². The standard InChI is InChI=1S/C3H8O2.CH2N2/c1-4-3-5-2;2-1-3/h3H2,1-2H3;2H2. The van der Waals surface area contributed by atoms with Gasteiger partial charge in [0.1, 0.15) is 6.79 Å². The molecule has 0 spiro atoms. The Morgan fingerprint density at radius 3 is 1.75 bits per heavy atom. The maximum absolute atomic E-state index is 7.10. The van der Waals surface area contributed by atoms with E-state index < -0.39 is 0 Å². The van der Waals surface area contributed by atoms with E-state index in [2.05, 4.69) is 15.2 Å². The average molecular weight is 118 g/mol. The second kappa shape index (κ2) is 16.4. The summed E-state index contributed by atoms with van der Waals surface area (Å²) >= 11 is 0. The predicted molar refractivity (Wildman–Crippen MR) is 28.7 cm³/mol. The van der Waals surface area contributed by atoms with Crippen molar-refractivity contribution in [2.75, 3.05) is 21.0 Å². The van der Waals surface area contributed by atoms with Crippen molar-refractivity contribution in [3.05, 3.63) is 0 Å². The Hall–Kier alpha value is -0.790. The fourth-order valence-electron chi connectivity index (χ4n) is 0.118. The summed E-state index contributed by atoms with van der Waals surface area (Å²) in [6.07, 6.45) is 1.25. The van der Waals surface area contributed by atoms with Gasteiger partial charge in [0.2, 0.25) is 0 Å². The molecule has 0 aliphatic rings. The molecule has 0 amide bonds. The summed E-state index contributed by atoms with van der Waals surface area (Å²) in [6, 6.07) is 0. The van der Waals surface area contributed by atoms with Crippen molar-refractivity contribution in [1.29, 1.82) is 5.26 Å². The number of hydrogen-bond donors (Lipinski definition) is 1. The average Bonchev–Trinajstić information content (AvgIpc) is 1.71. The minimum absolute atomic E-state index is 0.389. The van der Waals surface area contributed by atoms with Gasteiger partial charge in [-0.2, -0.15) is 5.26 Å². The number of methoxy groups -OCH3 is 2. The smallest absolute Gasteiger partial charge is 0.173 e. The Labute approximate surface area is 48.8 Å². The third-order valence-corrected chi connectivity index (χ3v) is 0.236. The van der Waals surface area contributed by atoms with E-state index in [1.165, 1.54) is 6.19 Å². The lowest BCUT2D eigenvalue weighted by molar-refractivity contribution is -0.00271. The van der Waals surface area contributed by atoms with Crippen molar-refractivity contribution >= 4 is 0 Å². The van der Waals surface area contributed by atoms with Crippen LogP contribution in [0.4, 0.5) is 0 Å². The van der Waals surface area contributed by atoms with Gasteiger partial charge in [0.25, 0.3) is 0 Å². The Bertz CT molecular complexity index is 57.5. The summed E-state index contributed by atoms with van der Waals surface area (Å²) < 4.78 is 8.94. The molecule has 0 unspecified atom stereocenters. The molecule has 0 aromatic carbocycles. The maximum Gasteiger partial charge on any atom is 0.173 e. The van der Waals surface area contributed by atoms with Crippen LogP contribution in [-0.4, -0.2) is 21.0 Å². The number of rotatable bonds is 2. The minimum Gasteiger partial charge on any atom is -0.359 e. The predicted octanol–water partition coefficient (Wildman–Crippen LogP) is -0.337. The van der Waals surface area contributed by atoms with E-state index in [0.717, 1.165) is 0 Å². The third kappa shape index (κ3) is 63.1. The van der Waals surface area contributed by atoms with Crippen LogP contribution in [0.5, 0.6) is 0 Å². The molecule has 0 heterocycles. The Kier molecular flexibility index (Phi) is 20.9. The highest BCUT2D eigenvalue weighted by Gasteiger charge is 1.63. The molecular weight excluding hydrogens is 108 g/mol. The van der Waals surface area contributed by atoms with Gasteiger partial charge in [0.15, 0.2) is 6.19 Å². The van der Waals surface area contributed by atoms with Crippen molar-refractivity contribution in [2.24, 2.45) is 5.73 Å². The minimum atomic E-state index is 0.389. The lowest BCUT2D eigenvalue weighted by Gasteiger charge is -1.87. The number of hydrogen-bond acceptors (Lipinski definition) is 4. The van der Waals surface area contributed by atoms with Crippen LogP contribution in [0, 0.1) is 11.5 Å². The van der Waals surface area contributed by atoms with Crippen LogP contribution in [0.25, 0.3) is 0 Å². The van der Waals surface area contributed by atoms with Gasteiger partial charge in [-0.25, -0.2) is 0 Å². The summed E-state index contributed by atoms with van der Waals surface area (Å²) in [5.74, 6) is 0. The molecule has 48 valence electrons. The first-order chi connectivity index (χ1) is 3.83. The van der Waals surface area contributed by atoms with Crippen LogP contribution in [0.15, 0.2) is 0 Å². The second-order valence-electron chi connectivity index (χ2n) is 0.824. The molecule has 0 rings (SSSR count). The fourth-order valence-corrected chi connectivity index (χ4v) is 0.118. The van der Waals surface area contributed by atoms with Crippen molar-refractivity contribution in [3.63, 3.8) is 0 Å². The molecule has 0 aliphatic heterocycles. The zero-order valence-electron chi connectivity index (χ0n) is 5.05. The van der Waals surface area contributed by atoms with Gasteiger partial charge in [-0.05, 0) is 0 Å². The molecule has 0 bridgehead atoms. The lowest BCUT2D eigenvalue weighted by Crippen LogP contribution is -1.87. The zero-order chi connectivity index (χ0) is 6.83. The Morgan fingerprint density at radius 2 is 1.75 bits per heavy atom. The molecule has 8 heavy (non-hydrogen) atoms. The van der Waals surface area contributed by atoms with Crippen LogP contribution < -0.4 is 5.73 Å². The highest BCUT2D eigenvalue weighted by Crippen LogP contribution is 1.60. The SMILES string of the molecule is COCOC.N#CN. The summed E-state index contributed by atoms with van der Waals surface area (Å²) in [7, 11) is 3.17. The molecule has 4 nitrogen and oxygen atoms in total. The van der Waals surface area contributed by atoms with E-state index in [0.29, 0.717) is 6.79 Å². The van der Waals surface area contributed by atoms with E-state index in [-0.39, 0.29) is 0 Å². The number of nitrogens with two attached hydrogens (primary N) is 1. The number of nitriles is 1. The molecule has 0 radical (unpaired) electrons. The normalized spacial score (nSPS) is 6.12. The van der Waals surface area contributed by atoms with Crippen LogP contribution >= 0.6 is 0 Å². The van der Waals surface area contributed by atoms with Gasteiger partial charge in [0.05, 0.1) is 0 Å². The van der Waals surface area contributed by atoms with Crippen molar-refractivity contribution in [1.82, 2.24) is 0 Å². The van der Waals surface area contributed by atoms with Crippen molar-refractivity contribution in [3.8, 4) is 6.19 Å². The summed E-state index contributed by atoms with van der Waals surface area (Å²) in [6.45, 7) is 0.389. The van der Waals surface area contributed by atoms with Gasteiger partial charge in [0, 0.05) is 14.2 Å². The zero-order valence-corrected chi connectivity index (χ0v) is 5.05. The molecule has 0 atom stereocenters. The van der Waals surface area contributed by atoms with E-state index in [1.54, 1.807) is 14.2 Å².